The lowest BCUT2D eigenvalue weighted by Crippen LogP contribution is -2.37. The van der Waals surface area contributed by atoms with Gasteiger partial charge in [-0.2, -0.15) is 0 Å². The van der Waals surface area contributed by atoms with Crippen LogP contribution in [0.5, 0.6) is 5.75 Å². The van der Waals surface area contributed by atoms with Gasteiger partial charge >= 0.3 is 0 Å². The maximum Gasteiger partial charge on any atom is 0.251 e. The number of nitrogens with zero attached hydrogens (tertiary/aromatic N) is 2. The molecule has 3 aromatic carbocycles. The Morgan fingerprint density at radius 1 is 1.06 bits per heavy atom. The van der Waals surface area contributed by atoms with E-state index in [1.54, 1.807) is 18.3 Å². The number of hydrogen-bond donors (Lipinski definition) is 3. The second kappa shape index (κ2) is 9.53. The first-order valence-corrected chi connectivity index (χ1v) is 11.6. The van der Waals surface area contributed by atoms with Crippen molar-refractivity contribution in [1.29, 1.82) is 0 Å². The number of phenols is 1. The van der Waals surface area contributed by atoms with Gasteiger partial charge in [0.1, 0.15) is 5.75 Å². The van der Waals surface area contributed by atoms with Gasteiger partial charge in [-0.3, -0.25) is 14.7 Å². The minimum absolute atomic E-state index is 0.0724. The van der Waals surface area contributed by atoms with Crippen LogP contribution in [0.1, 0.15) is 27.9 Å². The molecule has 1 amide bonds. The Labute approximate surface area is 199 Å². The first kappa shape index (κ1) is 21.9. The van der Waals surface area contributed by atoms with Crippen molar-refractivity contribution in [3.05, 3.63) is 95.7 Å². The first-order valence-electron chi connectivity index (χ1n) is 11.6. The molecule has 3 N–H and O–H groups in total. The van der Waals surface area contributed by atoms with Crippen molar-refractivity contribution in [3.8, 4) is 5.75 Å². The second-order valence-electron chi connectivity index (χ2n) is 8.89. The van der Waals surface area contributed by atoms with Gasteiger partial charge in [-0.05, 0) is 54.8 Å². The molecule has 2 heterocycles. The van der Waals surface area contributed by atoms with Gasteiger partial charge in [0.05, 0.1) is 5.52 Å². The number of hydrogen-bond acceptors (Lipinski definition) is 5. The lowest BCUT2D eigenvalue weighted by atomic mass is 10.1. The van der Waals surface area contributed by atoms with Crippen molar-refractivity contribution < 1.29 is 9.90 Å². The zero-order valence-corrected chi connectivity index (χ0v) is 19.2. The van der Waals surface area contributed by atoms with Gasteiger partial charge in [-0.15, -0.1) is 0 Å². The molecular formula is C28H28N4O2. The summed E-state index contributed by atoms with van der Waals surface area (Å²) in [7, 11) is 0. The fraction of sp³-hybridized carbons (Fsp3) is 0.214. The van der Waals surface area contributed by atoms with Crippen molar-refractivity contribution in [2.45, 2.75) is 25.9 Å². The van der Waals surface area contributed by atoms with E-state index in [0.29, 0.717) is 5.56 Å². The Bertz CT molecular complexity index is 1320. The summed E-state index contributed by atoms with van der Waals surface area (Å²) < 4.78 is 0. The Hall–Kier alpha value is -3.90. The number of anilines is 2. The molecule has 0 spiro atoms. The number of fused-ring (bicyclic) bond motifs is 1. The Balaban J connectivity index is 1.30. The van der Waals surface area contributed by atoms with E-state index in [2.05, 4.69) is 44.8 Å². The topological polar surface area (TPSA) is 77.5 Å². The highest BCUT2D eigenvalue weighted by atomic mass is 16.3. The zero-order chi connectivity index (χ0) is 23.5. The van der Waals surface area contributed by atoms with Crippen LogP contribution in [0.4, 0.5) is 11.4 Å². The Morgan fingerprint density at radius 3 is 2.76 bits per heavy atom. The van der Waals surface area contributed by atoms with E-state index in [1.807, 2.05) is 43.3 Å². The first-order chi connectivity index (χ1) is 16.5. The molecule has 0 aliphatic carbocycles. The molecule has 1 saturated heterocycles. The van der Waals surface area contributed by atoms with E-state index >= 15 is 0 Å². The minimum atomic E-state index is -0.0724. The summed E-state index contributed by atoms with van der Waals surface area (Å²) in [5.74, 6) is 0.126. The predicted molar refractivity (Wildman–Crippen MR) is 135 cm³/mol. The van der Waals surface area contributed by atoms with Gasteiger partial charge in [-0.25, -0.2) is 0 Å². The smallest absolute Gasteiger partial charge is 0.251 e. The highest BCUT2D eigenvalue weighted by Gasteiger charge is 2.24. The van der Waals surface area contributed by atoms with Gasteiger partial charge in [0.2, 0.25) is 0 Å². The fourth-order valence-electron chi connectivity index (χ4n) is 4.49. The number of carbonyl (C=O) groups is 1. The van der Waals surface area contributed by atoms with Crippen molar-refractivity contribution in [2.24, 2.45) is 0 Å². The molecule has 1 aromatic heterocycles. The highest BCUT2D eigenvalue weighted by Crippen LogP contribution is 2.29. The van der Waals surface area contributed by atoms with Crippen LogP contribution in [0.3, 0.4) is 0 Å². The molecule has 34 heavy (non-hydrogen) atoms. The average Bonchev–Trinajstić information content (AvgIpc) is 3.28. The predicted octanol–water partition coefficient (Wildman–Crippen LogP) is 5.00. The maximum absolute atomic E-state index is 13.1. The molecule has 6 nitrogen and oxygen atoms in total. The van der Waals surface area contributed by atoms with E-state index in [-0.39, 0.29) is 17.7 Å². The maximum atomic E-state index is 13.1. The molecule has 0 bridgehead atoms. The monoisotopic (exact) mass is 452 g/mol. The molecule has 1 atom stereocenters. The van der Waals surface area contributed by atoms with E-state index in [4.69, 9.17) is 0 Å². The lowest BCUT2D eigenvalue weighted by molar-refractivity contribution is 0.0938. The average molecular weight is 453 g/mol. The fourth-order valence-corrected chi connectivity index (χ4v) is 4.49. The number of nitrogens with one attached hydrogen (secondary N) is 2. The summed E-state index contributed by atoms with van der Waals surface area (Å²) in [6.07, 6.45) is 2.68. The molecule has 0 saturated carbocycles. The number of phenolic OH excluding ortho intramolecular Hbond substituents is 1. The van der Waals surface area contributed by atoms with Crippen LogP contribution < -0.4 is 10.6 Å². The molecule has 0 radical (unpaired) electrons. The van der Waals surface area contributed by atoms with Gasteiger partial charge in [-0.1, -0.05) is 36.4 Å². The number of pyridine rings is 1. The molecule has 1 aliphatic heterocycles. The highest BCUT2D eigenvalue weighted by molar-refractivity contribution is 6.01. The third-order valence-corrected chi connectivity index (χ3v) is 6.35. The van der Waals surface area contributed by atoms with E-state index in [1.165, 1.54) is 5.56 Å². The Kier molecular flexibility index (Phi) is 6.14. The lowest BCUT2D eigenvalue weighted by Gasteiger charge is -2.17. The van der Waals surface area contributed by atoms with E-state index in [9.17, 15) is 9.90 Å². The Morgan fingerprint density at radius 2 is 1.91 bits per heavy atom. The van der Waals surface area contributed by atoms with Crippen LogP contribution in [-0.2, 0) is 6.54 Å². The zero-order valence-electron chi connectivity index (χ0n) is 19.2. The number of likely N-dealkylation sites (tertiary alicyclic amines) is 1. The van der Waals surface area contributed by atoms with Crippen molar-refractivity contribution in [2.75, 3.05) is 18.4 Å². The van der Waals surface area contributed by atoms with Crippen molar-refractivity contribution in [3.63, 3.8) is 0 Å². The summed E-state index contributed by atoms with van der Waals surface area (Å²) >= 11 is 0. The summed E-state index contributed by atoms with van der Waals surface area (Å²) in [4.78, 5) is 19.9. The third kappa shape index (κ3) is 4.87. The van der Waals surface area contributed by atoms with Crippen LogP contribution >= 0.6 is 0 Å². The van der Waals surface area contributed by atoms with E-state index < -0.39 is 0 Å². The molecule has 0 unspecified atom stereocenters. The largest absolute Gasteiger partial charge is 0.508 e. The van der Waals surface area contributed by atoms with Gasteiger partial charge in [0, 0.05) is 60.3 Å². The summed E-state index contributed by atoms with van der Waals surface area (Å²) in [5.41, 5.74) is 5.36. The standard InChI is InChI=1S/C28H28N4O2/c1-19-7-9-23(33)16-27(19)31-26-11-13-29-25-10-8-21(15-24(25)26)28(34)30-22-12-14-32(18-22)17-20-5-3-2-4-6-20/h2-11,13,15-16,22,33H,12,14,17-18H2,1H3,(H,29,31)(H,30,34)/t22-/m1/s1. The molecular weight excluding hydrogens is 424 g/mol. The van der Waals surface area contributed by atoms with E-state index in [0.717, 1.165) is 53.9 Å². The van der Waals surface area contributed by atoms with Crippen LogP contribution in [0, 0.1) is 6.92 Å². The molecule has 4 aromatic rings. The normalized spacial score (nSPS) is 16.0. The minimum Gasteiger partial charge on any atom is -0.508 e. The molecule has 5 rings (SSSR count). The number of aromatic hydroxyl groups is 1. The summed E-state index contributed by atoms with van der Waals surface area (Å²) in [6.45, 7) is 4.70. The number of aryl methyl sites for hydroxylation is 1. The van der Waals surface area contributed by atoms with Crippen LogP contribution in [-0.4, -0.2) is 40.0 Å². The number of benzene rings is 3. The van der Waals surface area contributed by atoms with Crippen LogP contribution in [0.15, 0.2) is 79.0 Å². The van der Waals surface area contributed by atoms with Gasteiger partial charge in [0.25, 0.3) is 5.91 Å². The molecule has 1 fully saturated rings. The second-order valence-corrected chi connectivity index (χ2v) is 8.89. The number of aromatic nitrogens is 1. The van der Waals surface area contributed by atoms with Crippen molar-refractivity contribution in [1.82, 2.24) is 15.2 Å². The molecule has 1 aliphatic rings. The summed E-state index contributed by atoms with van der Waals surface area (Å²) in [6, 6.07) is 23.2. The number of carbonyl (C=O) groups excluding carboxylic acids is 1. The third-order valence-electron chi connectivity index (χ3n) is 6.35. The molecule has 172 valence electrons. The SMILES string of the molecule is Cc1ccc(O)cc1Nc1ccnc2ccc(C(=O)N[C@@H]3CCN(Cc4ccccc4)C3)cc12. The van der Waals surface area contributed by atoms with Crippen LogP contribution in [0.25, 0.3) is 10.9 Å². The number of amides is 1. The van der Waals surface area contributed by atoms with Crippen LogP contribution in [0.2, 0.25) is 0 Å². The van der Waals surface area contributed by atoms with Crippen molar-refractivity contribution >= 4 is 28.2 Å². The summed E-state index contributed by atoms with van der Waals surface area (Å²) in [5, 5.41) is 17.3. The quantitative estimate of drug-likeness (QED) is 0.384. The molecule has 6 heteroatoms. The number of rotatable bonds is 6. The van der Waals surface area contributed by atoms with Gasteiger partial charge in [0.15, 0.2) is 0 Å². The van der Waals surface area contributed by atoms with Gasteiger partial charge < -0.3 is 15.7 Å².